The van der Waals surface area contributed by atoms with Gasteiger partial charge in [0.05, 0.1) is 95.2 Å². The summed E-state index contributed by atoms with van der Waals surface area (Å²) in [6.45, 7) is 27.1. The zero-order valence-electron chi connectivity index (χ0n) is 81.4. The average Bonchev–Trinajstić information content (AvgIpc) is 1.13. The Labute approximate surface area is 878 Å². The maximum absolute atomic E-state index is 14.8. The van der Waals surface area contributed by atoms with Crippen molar-refractivity contribution < 1.29 is 138 Å². The topological polar surface area (TPSA) is 254 Å². The Morgan fingerprint density at radius 2 is 0.676 bits per heavy atom. The van der Waals surface area contributed by atoms with Crippen molar-refractivity contribution in [2.75, 3.05) is 7.11 Å². The van der Waals surface area contributed by atoms with Crippen LogP contribution in [0.15, 0.2) is 267 Å². The van der Waals surface area contributed by atoms with Gasteiger partial charge in [-0.3, -0.25) is 19.9 Å². The standard InChI is InChI=1S/C24H17N2O2.C23H13N2.C22H9F4N2.C22H13N2.2C11H24O2.C5H12O2.4Ir/c1-28-17-8-10-18-21(12-17)20-11-15(14-27)7-9-19(20)24-23(18)25-13-22(26-24)16-5-3-2-4-6-16;1-2-6-14(7-3-1)19-13-24-22-17-10-4-8-15-12-16-9-5-11-18(23(22)25-19)21(16)20(15)17;23-17-15-12-8-4-5-9-13(12)21-22(16(15)18(24)20(26)19(17)25)28-14(10-27-21)11-6-2-1-3-7-11;1-2-8-15(9-3-1)20-14-23-21-18-12-6-4-10-16(18)17-11-5-7-13-19(17)22(21)24-20;2*1-10(2,3)8(12)7-9(13)11(4,5)6;1-4(6)3-5(2)7;;;;/h2-9,11-13,27H,14H2,1H3;1-9,11,13H,12H2;1-8,10H;1-11,13-14H;2*8-9,12-13H,7H2,1-6H3;4-7H,3H2,1-2H3;;;;/q4*-1;;;;;;;. The van der Waals surface area contributed by atoms with Crippen LogP contribution < -0.4 is 4.74 Å². The number of nitrogens with zero attached hydrogens (tertiary/aromatic N) is 8. The zero-order valence-corrected chi connectivity index (χ0v) is 90.9. The molecule has 1 aliphatic carbocycles. The molecule has 0 saturated heterocycles. The first-order valence-corrected chi connectivity index (χ1v) is 46.2. The Hall–Kier alpha value is -11.2. The Morgan fingerprint density at radius 1 is 0.317 bits per heavy atom. The van der Waals surface area contributed by atoms with Crippen molar-refractivity contribution in [1.29, 1.82) is 0 Å². The number of halogens is 4. The monoisotopic (exact) mass is 2620 g/mol. The quantitative estimate of drug-likeness (QED) is 0.0197. The van der Waals surface area contributed by atoms with Gasteiger partial charge in [-0.1, -0.05) is 303 Å². The second-order valence-corrected chi connectivity index (χ2v) is 39.3. The van der Waals surface area contributed by atoms with Gasteiger partial charge in [-0.25, -0.2) is 17.6 Å². The molecule has 740 valence electrons. The SMILES string of the molecule is CC(C)(C)C(O)CC(O)C(C)(C)C.CC(C)(C)C(O)CC(O)C(C)(C)C.CC(O)CC(C)O.COc1c[c-]c2c(c1)c1cc(CO)ccc1c1nc(-c3ccccc3)cnc21.Fc1c(F)c(F)c2c3nc(-c4ccccc4)cnc3c3[c-]cccc3c2c1F.[Ir].[Ir].[Ir].[Ir].[c-]1ccc2c3c1c1ncc(-c4ccccc4)nc1c1cccc(c13)C2.[c-]1cccc2c1c1ncc(-c3ccccc3)nc1c1ccccc21. The molecule has 0 spiro atoms. The first-order valence-electron chi connectivity index (χ1n) is 46.2. The number of aromatic nitrogens is 8. The van der Waals surface area contributed by atoms with E-state index in [1.165, 1.54) is 50.3 Å². The van der Waals surface area contributed by atoms with E-state index in [1.807, 2.05) is 223 Å². The molecule has 0 aliphatic heterocycles. The van der Waals surface area contributed by atoms with Crippen LogP contribution in [0.2, 0.25) is 0 Å². The van der Waals surface area contributed by atoms with Crippen molar-refractivity contribution in [3.05, 3.63) is 332 Å². The molecule has 0 bridgehead atoms. The van der Waals surface area contributed by atoms with Crippen LogP contribution in [0.25, 0.3) is 175 Å². The fraction of sp³-hybridized carbons (Fsp3) is 0.254. The second kappa shape index (κ2) is 47.5. The predicted octanol–water partition coefficient (Wildman–Crippen LogP) is 26.1. The fourth-order valence-electron chi connectivity index (χ4n) is 16.8. The van der Waals surface area contributed by atoms with Crippen molar-refractivity contribution in [3.8, 4) is 50.8 Å². The maximum atomic E-state index is 14.8. The Morgan fingerprint density at radius 3 is 1.11 bits per heavy atom. The van der Waals surface area contributed by atoms with E-state index in [-0.39, 0.29) is 143 Å². The second-order valence-electron chi connectivity index (χ2n) is 39.3. The molecule has 21 rings (SSSR count). The summed E-state index contributed by atoms with van der Waals surface area (Å²) < 4.78 is 62.8. The van der Waals surface area contributed by atoms with Gasteiger partial charge in [0.1, 0.15) is 0 Å². The molecular formula is C118H112F4Ir4N8O8-4. The van der Waals surface area contributed by atoms with Gasteiger partial charge in [0.2, 0.25) is 0 Å². The van der Waals surface area contributed by atoms with E-state index in [0.717, 1.165) is 122 Å². The molecular weight excluding hydrogens is 2500 g/mol. The van der Waals surface area contributed by atoms with Gasteiger partial charge < -0.3 is 60.4 Å². The van der Waals surface area contributed by atoms with Gasteiger partial charge >= 0.3 is 0 Å². The normalized spacial score (nSPS) is 13.0. The molecule has 142 heavy (non-hydrogen) atoms. The summed E-state index contributed by atoms with van der Waals surface area (Å²) in [7, 11) is 1.64. The van der Waals surface area contributed by atoms with Crippen molar-refractivity contribution in [3.63, 3.8) is 0 Å². The van der Waals surface area contributed by atoms with Gasteiger partial charge in [0.25, 0.3) is 0 Å². The molecule has 16 aromatic carbocycles. The van der Waals surface area contributed by atoms with Gasteiger partial charge in [0, 0.05) is 174 Å². The third-order valence-electron chi connectivity index (χ3n) is 24.9. The molecule has 4 radical (unpaired) electrons. The minimum atomic E-state index is -1.88. The van der Waals surface area contributed by atoms with E-state index in [1.54, 1.807) is 57.4 Å². The largest absolute Gasteiger partial charge is 0.540 e. The maximum Gasteiger partial charge on any atom is 0.198 e. The number of rotatable bonds is 12. The molecule has 6 atom stereocenters. The van der Waals surface area contributed by atoms with Crippen LogP contribution in [0, 0.1) is 69.2 Å². The van der Waals surface area contributed by atoms with Crippen molar-refractivity contribution in [2.24, 2.45) is 21.7 Å². The number of aliphatic hydroxyl groups excluding tert-OH is 7. The number of benzene rings is 16. The summed E-state index contributed by atoms with van der Waals surface area (Å²) in [5.41, 5.74) is 15.5. The number of ether oxygens (including phenoxy) is 1. The van der Waals surface area contributed by atoms with Crippen LogP contribution in [0.5, 0.6) is 5.75 Å². The zero-order chi connectivity index (χ0) is 98.4. The van der Waals surface area contributed by atoms with Gasteiger partial charge in [-0.15, -0.1) is 106 Å². The minimum absolute atomic E-state index is 0. The summed E-state index contributed by atoms with van der Waals surface area (Å²) in [6, 6.07) is 91.9. The molecule has 4 aromatic heterocycles. The molecule has 7 N–H and O–H groups in total. The predicted molar refractivity (Wildman–Crippen MR) is 549 cm³/mol. The van der Waals surface area contributed by atoms with Crippen molar-refractivity contribution >= 4 is 130 Å². The number of hydrogen-bond donors (Lipinski definition) is 7. The molecule has 20 aromatic rings. The van der Waals surface area contributed by atoms with Crippen molar-refractivity contribution in [2.45, 2.75) is 166 Å². The van der Waals surface area contributed by atoms with Gasteiger partial charge in [-0.05, 0) is 86.4 Å². The molecule has 6 unspecified atom stereocenters. The third-order valence-corrected chi connectivity index (χ3v) is 24.9. The van der Waals surface area contributed by atoms with Crippen LogP contribution in [0.3, 0.4) is 0 Å². The van der Waals surface area contributed by atoms with E-state index in [2.05, 4.69) is 113 Å². The summed E-state index contributed by atoms with van der Waals surface area (Å²) in [4.78, 5) is 38.0. The smallest absolute Gasteiger partial charge is 0.198 e. The van der Waals surface area contributed by atoms with Crippen LogP contribution in [0.4, 0.5) is 17.6 Å². The summed E-state index contributed by atoms with van der Waals surface area (Å²) in [5, 5.41) is 78.8. The first kappa shape index (κ1) is 111. The third kappa shape index (κ3) is 24.7. The van der Waals surface area contributed by atoms with Crippen LogP contribution in [-0.4, -0.2) is 119 Å². The Bertz CT molecular complexity index is 7720. The summed E-state index contributed by atoms with van der Waals surface area (Å²) >= 11 is 0. The van der Waals surface area contributed by atoms with Gasteiger partial charge in [-0.2, -0.15) is 0 Å². The van der Waals surface area contributed by atoms with E-state index < -0.39 is 53.1 Å². The summed E-state index contributed by atoms with van der Waals surface area (Å²) in [5.74, 6) is -5.97. The number of aliphatic hydroxyl groups is 7. The molecule has 0 fully saturated rings. The molecule has 16 nitrogen and oxygen atoms in total. The van der Waals surface area contributed by atoms with Crippen molar-refractivity contribution in [1.82, 2.24) is 39.9 Å². The number of hydrogen-bond acceptors (Lipinski definition) is 16. The van der Waals surface area contributed by atoms with Crippen LogP contribution in [0.1, 0.15) is 133 Å². The molecule has 0 saturated carbocycles. The number of fused-ring (bicyclic) bond motifs is 21. The van der Waals surface area contributed by atoms with E-state index in [9.17, 15) is 43.1 Å². The first-order chi connectivity index (χ1) is 65.9. The molecule has 0 amide bonds. The molecule has 24 heteroatoms. The summed E-state index contributed by atoms with van der Waals surface area (Å²) in [6.07, 6.45) is 6.88. The Kier molecular flexibility index (Phi) is 37.2. The van der Waals surface area contributed by atoms with E-state index >= 15 is 0 Å². The molecule has 4 heterocycles. The van der Waals surface area contributed by atoms with Crippen LogP contribution in [-0.2, 0) is 93.4 Å². The van der Waals surface area contributed by atoms with Gasteiger partial charge in [0.15, 0.2) is 23.3 Å². The van der Waals surface area contributed by atoms with E-state index in [4.69, 9.17) is 44.9 Å². The number of methoxy groups -OCH3 is 1. The van der Waals surface area contributed by atoms with E-state index in [0.29, 0.717) is 35.9 Å². The van der Waals surface area contributed by atoms with Crippen LogP contribution >= 0.6 is 0 Å². The Balaban J connectivity index is 0.000000163. The molecule has 1 aliphatic rings. The minimum Gasteiger partial charge on any atom is -0.540 e. The fourth-order valence-corrected chi connectivity index (χ4v) is 16.8. The average molecular weight is 2620 g/mol.